The number of carbonyl (C=O) groups is 1. The SMILES string of the molecule is COc1ccc(CN(Cc2ccc(OC)cc2)S(=O)(=O)c2c(SC3CN(C(=O)OC(C)(C)C)C3)ccc(-c3cnc4ccccn34)c2-c2nnnn2Cc2ccc(OC)cc2)cc1. The zero-order valence-corrected chi connectivity index (χ0v) is 37.5. The van der Waals surface area contributed by atoms with E-state index >= 15 is 8.42 Å². The molecule has 15 nitrogen and oxygen atoms in total. The molecular weight excluding hydrogens is 841 g/mol. The topological polar surface area (TPSA) is 156 Å². The summed E-state index contributed by atoms with van der Waals surface area (Å²) in [5, 5.41) is 13.0. The number of tetrazole rings is 1. The molecule has 8 rings (SSSR count). The number of hydrogen-bond donors (Lipinski definition) is 0. The van der Waals surface area contributed by atoms with Crippen LogP contribution in [0.3, 0.4) is 0 Å². The van der Waals surface area contributed by atoms with Gasteiger partial charge in [0.25, 0.3) is 0 Å². The second kappa shape index (κ2) is 18.1. The molecule has 0 unspecified atom stereocenters. The maximum atomic E-state index is 16.1. The van der Waals surface area contributed by atoms with Gasteiger partial charge in [-0.15, -0.1) is 16.9 Å². The van der Waals surface area contributed by atoms with Gasteiger partial charge in [0.1, 0.15) is 33.4 Å². The molecular formula is C46H48N8O7S2. The van der Waals surface area contributed by atoms with E-state index in [-0.39, 0.29) is 35.6 Å². The van der Waals surface area contributed by atoms with Crippen LogP contribution >= 0.6 is 11.8 Å². The maximum Gasteiger partial charge on any atom is 0.410 e. The first-order chi connectivity index (χ1) is 30.3. The molecule has 1 amide bonds. The lowest BCUT2D eigenvalue weighted by Gasteiger charge is -2.39. The Kier molecular flexibility index (Phi) is 12.4. The first-order valence-electron chi connectivity index (χ1n) is 20.2. The third kappa shape index (κ3) is 9.50. The zero-order chi connectivity index (χ0) is 44.3. The van der Waals surface area contributed by atoms with E-state index in [1.165, 1.54) is 16.1 Å². The maximum absolute atomic E-state index is 16.1. The number of fused-ring (bicyclic) bond motifs is 1. The molecule has 0 bridgehead atoms. The number of thioether (sulfide) groups is 1. The number of benzene rings is 4. The summed E-state index contributed by atoms with van der Waals surface area (Å²) < 4.78 is 59.2. The third-order valence-corrected chi connectivity index (χ3v) is 13.7. The van der Waals surface area contributed by atoms with Crippen molar-refractivity contribution in [3.63, 3.8) is 0 Å². The number of sulfonamides is 1. The summed E-state index contributed by atoms with van der Waals surface area (Å²) in [4.78, 5) is 19.9. The Balaban J connectivity index is 1.33. The Morgan fingerprint density at radius 3 is 1.95 bits per heavy atom. The fraction of sp³-hybridized carbons (Fsp3) is 0.283. The molecule has 326 valence electrons. The fourth-order valence-electron chi connectivity index (χ4n) is 7.27. The van der Waals surface area contributed by atoms with Gasteiger partial charge in [0, 0.05) is 48.1 Å². The first-order valence-corrected chi connectivity index (χ1v) is 22.5. The smallest absolute Gasteiger partial charge is 0.410 e. The van der Waals surface area contributed by atoms with Crippen LogP contribution in [0.25, 0.3) is 28.3 Å². The predicted molar refractivity (Wildman–Crippen MR) is 239 cm³/mol. The van der Waals surface area contributed by atoms with Gasteiger partial charge in [-0.25, -0.2) is 22.9 Å². The Morgan fingerprint density at radius 1 is 0.794 bits per heavy atom. The summed E-state index contributed by atoms with van der Waals surface area (Å²) in [6.07, 6.45) is 3.20. The highest BCUT2D eigenvalue weighted by Gasteiger charge is 2.39. The van der Waals surface area contributed by atoms with Crippen LogP contribution in [-0.4, -0.2) is 98.6 Å². The summed E-state index contributed by atoms with van der Waals surface area (Å²) in [5.74, 6) is 2.23. The Morgan fingerprint density at radius 2 is 1.38 bits per heavy atom. The molecule has 0 N–H and O–H groups in total. The van der Waals surface area contributed by atoms with E-state index in [1.807, 2.05) is 134 Å². The van der Waals surface area contributed by atoms with E-state index in [0.29, 0.717) is 57.7 Å². The molecule has 1 fully saturated rings. The standard InChI is InChI=1S/C46H48N8O7S2/c1-46(2,3)61-45(55)51-29-37(30-51)62-40-23-22-38(39-25-47-41-9-7-8-24-53(39)41)42(44-48-49-50-54(44)28-33-14-20-36(60-6)21-15-33)43(40)63(56,57)52(26-31-10-16-34(58-4)17-11-31)27-32-12-18-35(59-5)19-13-32/h7-25,37H,26-30H2,1-6H3. The van der Waals surface area contributed by atoms with Gasteiger partial charge in [-0.05, 0) is 102 Å². The molecule has 1 saturated heterocycles. The van der Waals surface area contributed by atoms with Gasteiger partial charge in [-0.1, -0.05) is 48.5 Å². The van der Waals surface area contributed by atoms with Gasteiger partial charge in [0.2, 0.25) is 10.0 Å². The number of methoxy groups -OCH3 is 3. The molecule has 7 aromatic rings. The number of amides is 1. The minimum atomic E-state index is -4.48. The van der Waals surface area contributed by atoms with Gasteiger partial charge < -0.3 is 23.8 Å². The number of rotatable bonds is 15. The van der Waals surface area contributed by atoms with E-state index < -0.39 is 21.7 Å². The van der Waals surface area contributed by atoms with Crippen LogP contribution in [0.15, 0.2) is 125 Å². The molecule has 4 aromatic carbocycles. The van der Waals surface area contributed by atoms with E-state index in [4.69, 9.17) is 23.9 Å². The highest BCUT2D eigenvalue weighted by atomic mass is 32.2. The number of hydrogen-bond acceptors (Lipinski definition) is 12. The summed E-state index contributed by atoms with van der Waals surface area (Å²) in [7, 11) is 0.305. The van der Waals surface area contributed by atoms with Crippen molar-refractivity contribution in [2.24, 2.45) is 0 Å². The summed E-state index contributed by atoms with van der Waals surface area (Å²) in [6.45, 7) is 6.47. The molecule has 0 radical (unpaired) electrons. The Bertz CT molecular complexity index is 2770. The van der Waals surface area contributed by atoms with E-state index in [2.05, 4.69) is 15.5 Å². The number of likely N-dealkylation sites (tertiary alicyclic amines) is 1. The van der Waals surface area contributed by atoms with Gasteiger partial charge in [0.15, 0.2) is 5.82 Å². The van der Waals surface area contributed by atoms with Crippen LogP contribution in [0.4, 0.5) is 4.79 Å². The lowest BCUT2D eigenvalue weighted by Crippen LogP contribution is -2.53. The van der Waals surface area contributed by atoms with Crippen molar-refractivity contribution < 1.29 is 32.2 Å². The number of pyridine rings is 1. The molecule has 0 saturated carbocycles. The van der Waals surface area contributed by atoms with Crippen molar-refractivity contribution in [2.45, 2.75) is 61.0 Å². The van der Waals surface area contributed by atoms with Crippen LogP contribution in [0.5, 0.6) is 17.2 Å². The van der Waals surface area contributed by atoms with Crippen LogP contribution in [0, 0.1) is 0 Å². The molecule has 0 aliphatic carbocycles. The van der Waals surface area contributed by atoms with Crippen molar-refractivity contribution in [1.29, 1.82) is 0 Å². The number of imidazole rings is 1. The van der Waals surface area contributed by atoms with Gasteiger partial charge >= 0.3 is 6.09 Å². The monoisotopic (exact) mass is 888 g/mol. The lowest BCUT2D eigenvalue weighted by molar-refractivity contribution is 0.0143. The first kappa shape index (κ1) is 43.2. The minimum absolute atomic E-state index is 0.0222. The molecule has 3 aromatic heterocycles. The molecule has 0 atom stereocenters. The molecule has 0 spiro atoms. The molecule has 17 heteroatoms. The highest BCUT2D eigenvalue weighted by molar-refractivity contribution is 8.00. The van der Waals surface area contributed by atoms with E-state index in [9.17, 15) is 4.79 Å². The minimum Gasteiger partial charge on any atom is -0.497 e. The fourth-order valence-corrected chi connectivity index (χ4v) is 10.6. The van der Waals surface area contributed by atoms with Crippen molar-refractivity contribution in [3.05, 3.63) is 132 Å². The average molecular weight is 889 g/mol. The van der Waals surface area contributed by atoms with E-state index in [1.54, 1.807) is 37.1 Å². The summed E-state index contributed by atoms with van der Waals surface area (Å²) in [6, 6.07) is 31.6. The quantitative estimate of drug-likeness (QED) is 0.0985. The Labute approximate surface area is 370 Å². The van der Waals surface area contributed by atoms with Gasteiger partial charge in [-0.2, -0.15) is 4.31 Å². The van der Waals surface area contributed by atoms with Gasteiger partial charge in [0.05, 0.1) is 45.3 Å². The van der Waals surface area contributed by atoms with Crippen molar-refractivity contribution in [3.8, 4) is 39.9 Å². The molecule has 1 aliphatic rings. The molecule has 4 heterocycles. The molecule has 1 aliphatic heterocycles. The second-order valence-electron chi connectivity index (χ2n) is 16.0. The lowest BCUT2D eigenvalue weighted by atomic mass is 10.0. The van der Waals surface area contributed by atoms with Crippen LogP contribution in [-0.2, 0) is 34.4 Å². The zero-order valence-electron chi connectivity index (χ0n) is 35.8. The number of aromatic nitrogens is 6. The number of nitrogens with zero attached hydrogens (tertiary/aromatic N) is 8. The largest absolute Gasteiger partial charge is 0.497 e. The Hall–Kier alpha value is -6.43. The van der Waals surface area contributed by atoms with Crippen molar-refractivity contribution in [1.82, 2.24) is 38.8 Å². The normalized spacial score (nSPS) is 13.3. The number of ether oxygens (including phenoxy) is 4. The second-order valence-corrected chi connectivity index (χ2v) is 19.2. The van der Waals surface area contributed by atoms with E-state index in [0.717, 1.165) is 16.7 Å². The highest BCUT2D eigenvalue weighted by Crippen LogP contribution is 2.45. The van der Waals surface area contributed by atoms with Crippen LogP contribution in [0.1, 0.15) is 37.5 Å². The summed E-state index contributed by atoms with van der Waals surface area (Å²) in [5.41, 5.74) is 3.89. The van der Waals surface area contributed by atoms with Crippen LogP contribution < -0.4 is 14.2 Å². The van der Waals surface area contributed by atoms with Gasteiger partial charge in [-0.3, -0.25) is 4.40 Å². The molecule has 63 heavy (non-hydrogen) atoms. The predicted octanol–water partition coefficient (Wildman–Crippen LogP) is 7.83. The third-order valence-electron chi connectivity index (χ3n) is 10.5. The van der Waals surface area contributed by atoms with Crippen molar-refractivity contribution >= 4 is 33.5 Å². The van der Waals surface area contributed by atoms with Crippen molar-refractivity contribution in [2.75, 3.05) is 34.4 Å². The summed E-state index contributed by atoms with van der Waals surface area (Å²) >= 11 is 1.40. The average Bonchev–Trinajstić information content (AvgIpc) is 3.91. The number of carbonyl (C=O) groups excluding carboxylic acids is 1. The van der Waals surface area contributed by atoms with Crippen LogP contribution in [0.2, 0.25) is 0 Å².